The molecule has 0 fully saturated rings. The molecule has 0 radical (unpaired) electrons. The Balaban J connectivity index is 2.33. The Labute approximate surface area is 90.8 Å². The molecule has 0 aliphatic rings. The molecule has 0 saturated carbocycles. The molecule has 0 spiro atoms. The third kappa shape index (κ3) is 4.74. The largest absolute Gasteiger partial charge is 0.396 e. The van der Waals surface area contributed by atoms with E-state index in [9.17, 15) is 0 Å². The van der Waals surface area contributed by atoms with Crippen molar-refractivity contribution < 1.29 is 5.11 Å². The summed E-state index contributed by atoms with van der Waals surface area (Å²) in [5.41, 5.74) is 0. The van der Waals surface area contributed by atoms with E-state index < -0.39 is 0 Å². The topological polar surface area (TPSA) is 58.0 Å². The summed E-state index contributed by atoms with van der Waals surface area (Å²) in [5.74, 6) is 1.32. The van der Waals surface area contributed by atoms with Crippen LogP contribution in [-0.4, -0.2) is 28.2 Å². The number of aliphatic hydroxyl groups excluding tert-OH is 1. The van der Waals surface area contributed by atoms with Crippen LogP contribution in [0.4, 0.5) is 5.82 Å². The van der Waals surface area contributed by atoms with Crippen molar-refractivity contribution in [1.82, 2.24) is 9.97 Å². The van der Waals surface area contributed by atoms with Crippen LogP contribution in [0.25, 0.3) is 0 Å². The third-order valence-electron chi connectivity index (χ3n) is 2.37. The summed E-state index contributed by atoms with van der Waals surface area (Å²) in [7, 11) is 0. The van der Waals surface area contributed by atoms with Gasteiger partial charge in [-0.1, -0.05) is 13.3 Å². The van der Waals surface area contributed by atoms with Gasteiger partial charge in [0.05, 0.1) is 6.20 Å². The minimum Gasteiger partial charge on any atom is -0.396 e. The molecule has 1 unspecified atom stereocenters. The van der Waals surface area contributed by atoms with E-state index in [1.807, 2.05) is 0 Å². The summed E-state index contributed by atoms with van der Waals surface area (Å²) in [6.45, 7) is 3.27. The Hall–Kier alpha value is -1.16. The fraction of sp³-hybridized carbons (Fsp3) is 0.636. The summed E-state index contributed by atoms with van der Waals surface area (Å²) in [6, 6.07) is 0. The fourth-order valence-corrected chi connectivity index (χ4v) is 1.58. The van der Waals surface area contributed by atoms with Gasteiger partial charge in [0, 0.05) is 25.5 Å². The van der Waals surface area contributed by atoms with Gasteiger partial charge >= 0.3 is 0 Å². The molecule has 0 aliphatic heterocycles. The number of nitrogens with one attached hydrogen (secondary N) is 1. The lowest BCUT2D eigenvalue weighted by molar-refractivity contribution is 0.255. The van der Waals surface area contributed by atoms with E-state index in [0.717, 1.165) is 31.6 Å². The molecule has 4 nitrogen and oxygen atoms in total. The molecule has 15 heavy (non-hydrogen) atoms. The van der Waals surface area contributed by atoms with Crippen LogP contribution in [0.3, 0.4) is 0 Å². The molecule has 0 bridgehead atoms. The van der Waals surface area contributed by atoms with Crippen LogP contribution in [0.15, 0.2) is 18.6 Å². The number of aliphatic hydroxyl groups is 1. The lowest BCUT2D eigenvalue weighted by atomic mass is 10.0. The van der Waals surface area contributed by atoms with Gasteiger partial charge in [0.15, 0.2) is 0 Å². The van der Waals surface area contributed by atoms with Gasteiger partial charge in [0.25, 0.3) is 0 Å². The zero-order chi connectivity index (χ0) is 10.9. The standard InChI is InChI=1S/C11H19N3O/c1-2-3-10(4-7-15)8-14-11-9-12-5-6-13-11/h5-6,9-10,15H,2-4,7-8H2,1H3,(H,13,14). The Morgan fingerprint density at radius 1 is 1.40 bits per heavy atom. The first-order valence-electron chi connectivity index (χ1n) is 5.47. The first-order valence-corrected chi connectivity index (χ1v) is 5.47. The van der Waals surface area contributed by atoms with E-state index >= 15 is 0 Å². The Morgan fingerprint density at radius 3 is 2.87 bits per heavy atom. The molecule has 0 aliphatic carbocycles. The summed E-state index contributed by atoms with van der Waals surface area (Å²) < 4.78 is 0. The van der Waals surface area contributed by atoms with Crippen LogP contribution in [0.2, 0.25) is 0 Å². The molecule has 0 saturated heterocycles. The minimum absolute atomic E-state index is 0.257. The maximum Gasteiger partial charge on any atom is 0.144 e. The normalized spacial score (nSPS) is 12.4. The molecule has 1 heterocycles. The SMILES string of the molecule is CCCC(CCO)CNc1cnccn1. The number of nitrogens with zero attached hydrogens (tertiary/aromatic N) is 2. The van der Waals surface area contributed by atoms with E-state index in [-0.39, 0.29) is 6.61 Å². The predicted molar refractivity (Wildman–Crippen MR) is 60.6 cm³/mol. The van der Waals surface area contributed by atoms with Gasteiger partial charge in [0.2, 0.25) is 0 Å². The third-order valence-corrected chi connectivity index (χ3v) is 2.37. The predicted octanol–water partition coefficient (Wildman–Crippen LogP) is 1.69. The lowest BCUT2D eigenvalue weighted by Crippen LogP contribution is -2.16. The highest BCUT2D eigenvalue weighted by atomic mass is 16.3. The molecule has 1 aromatic heterocycles. The van der Waals surface area contributed by atoms with Crippen molar-refractivity contribution in [2.75, 3.05) is 18.5 Å². The summed E-state index contributed by atoms with van der Waals surface area (Å²) in [6.07, 6.45) is 8.16. The minimum atomic E-state index is 0.257. The molecule has 4 heteroatoms. The van der Waals surface area contributed by atoms with Crippen LogP contribution in [0.5, 0.6) is 0 Å². The van der Waals surface area contributed by atoms with Crippen molar-refractivity contribution in [1.29, 1.82) is 0 Å². The molecule has 1 atom stereocenters. The lowest BCUT2D eigenvalue weighted by Gasteiger charge is -2.15. The first-order chi connectivity index (χ1) is 7.36. The van der Waals surface area contributed by atoms with Crippen LogP contribution >= 0.6 is 0 Å². The van der Waals surface area contributed by atoms with Crippen LogP contribution in [0, 0.1) is 5.92 Å². The van der Waals surface area contributed by atoms with Crippen molar-refractivity contribution in [3.63, 3.8) is 0 Å². The van der Waals surface area contributed by atoms with E-state index in [1.54, 1.807) is 18.6 Å². The summed E-state index contributed by atoms with van der Waals surface area (Å²) in [5, 5.41) is 12.1. The fourth-order valence-electron chi connectivity index (χ4n) is 1.58. The summed E-state index contributed by atoms with van der Waals surface area (Å²) >= 11 is 0. The van der Waals surface area contributed by atoms with Gasteiger partial charge < -0.3 is 10.4 Å². The Morgan fingerprint density at radius 2 is 2.27 bits per heavy atom. The Kier molecular flexibility index (Phi) is 5.70. The van der Waals surface area contributed by atoms with Crippen molar-refractivity contribution in [2.45, 2.75) is 26.2 Å². The number of anilines is 1. The smallest absolute Gasteiger partial charge is 0.144 e. The van der Waals surface area contributed by atoms with E-state index in [2.05, 4.69) is 22.2 Å². The van der Waals surface area contributed by atoms with Crippen LogP contribution < -0.4 is 5.32 Å². The van der Waals surface area contributed by atoms with E-state index in [4.69, 9.17) is 5.11 Å². The molecular formula is C11H19N3O. The average molecular weight is 209 g/mol. The van der Waals surface area contributed by atoms with Gasteiger partial charge in [-0.3, -0.25) is 4.98 Å². The quantitative estimate of drug-likeness (QED) is 0.717. The molecule has 0 aromatic carbocycles. The van der Waals surface area contributed by atoms with Crippen LogP contribution in [-0.2, 0) is 0 Å². The van der Waals surface area contributed by atoms with Crippen LogP contribution in [0.1, 0.15) is 26.2 Å². The van der Waals surface area contributed by atoms with E-state index in [0.29, 0.717) is 5.92 Å². The number of aromatic nitrogens is 2. The molecule has 84 valence electrons. The number of hydrogen-bond donors (Lipinski definition) is 2. The van der Waals surface area contributed by atoms with Gasteiger partial charge in [0.1, 0.15) is 5.82 Å². The molecule has 1 rings (SSSR count). The van der Waals surface area contributed by atoms with Gasteiger partial charge in [-0.2, -0.15) is 0 Å². The highest BCUT2D eigenvalue weighted by Crippen LogP contribution is 2.11. The average Bonchev–Trinajstić information content (AvgIpc) is 2.28. The number of hydrogen-bond acceptors (Lipinski definition) is 4. The zero-order valence-electron chi connectivity index (χ0n) is 9.19. The maximum absolute atomic E-state index is 8.90. The molecule has 0 amide bonds. The highest BCUT2D eigenvalue weighted by Gasteiger charge is 2.06. The monoisotopic (exact) mass is 209 g/mol. The molecule has 1 aromatic rings. The first kappa shape index (κ1) is 11.9. The van der Waals surface area contributed by atoms with Crippen molar-refractivity contribution in [3.8, 4) is 0 Å². The van der Waals surface area contributed by atoms with Crippen molar-refractivity contribution in [3.05, 3.63) is 18.6 Å². The van der Waals surface area contributed by atoms with Crippen molar-refractivity contribution in [2.24, 2.45) is 5.92 Å². The molecule has 2 N–H and O–H groups in total. The van der Waals surface area contributed by atoms with Gasteiger partial charge in [-0.25, -0.2) is 4.98 Å². The Bertz CT molecular complexity index is 247. The van der Waals surface area contributed by atoms with Gasteiger partial charge in [-0.15, -0.1) is 0 Å². The highest BCUT2D eigenvalue weighted by molar-refractivity contribution is 5.29. The number of rotatable bonds is 7. The maximum atomic E-state index is 8.90. The second-order valence-electron chi connectivity index (χ2n) is 3.64. The van der Waals surface area contributed by atoms with Gasteiger partial charge in [-0.05, 0) is 18.8 Å². The zero-order valence-corrected chi connectivity index (χ0v) is 9.19. The second kappa shape index (κ2) is 7.17. The summed E-state index contributed by atoms with van der Waals surface area (Å²) in [4.78, 5) is 8.12. The van der Waals surface area contributed by atoms with Crippen molar-refractivity contribution >= 4 is 5.82 Å². The molecular weight excluding hydrogens is 190 g/mol. The van der Waals surface area contributed by atoms with E-state index in [1.165, 1.54) is 0 Å². The second-order valence-corrected chi connectivity index (χ2v) is 3.64.